The molecule has 4 aromatic rings. The molecule has 1 aromatic heterocycles. The molecule has 1 N–H and O–H groups in total. The van der Waals surface area contributed by atoms with Crippen molar-refractivity contribution in [3.8, 4) is 11.3 Å². The summed E-state index contributed by atoms with van der Waals surface area (Å²) in [6.07, 6.45) is 7.41. The molecule has 0 spiro atoms. The average Bonchev–Trinajstić information content (AvgIpc) is 3.30. The molecule has 4 rings (SSSR count). The molecular weight excluding hydrogens is 439 g/mol. The first-order valence-electron chi connectivity index (χ1n) is 12.3. The van der Waals surface area contributed by atoms with Gasteiger partial charge in [-0.1, -0.05) is 63.6 Å². The van der Waals surface area contributed by atoms with Crippen molar-refractivity contribution in [2.75, 3.05) is 0 Å². The summed E-state index contributed by atoms with van der Waals surface area (Å²) in [6, 6.07) is 18.4. The minimum atomic E-state index is -0.943. The number of unbranched alkanes of at least 4 members (excludes halogenated alkanes) is 1. The lowest BCUT2D eigenvalue weighted by Crippen LogP contribution is -1.99. The second kappa shape index (κ2) is 10.7. The molecule has 0 aliphatic heterocycles. The number of carbonyl (C=O) groups is 1. The van der Waals surface area contributed by atoms with Crippen LogP contribution >= 0.6 is 0 Å². The Kier molecular flexibility index (Phi) is 7.50. The van der Waals surface area contributed by atoms with Gasteiger partial charge in [-0.25, -0.2) is 9.18 Å². The van der Waals surface area contributed by atoms with E-state index in [0.29, 0.717) is 22.8 Å². The zero-order valence-electron chi connectivity index (χ0n) is 20.5. The van der Waals surface area contributed by atoms with Crippen molar-refractivity contribution in [2.45, 2.75) is 52.4 Å². The van der Waals surface area contributed by atoms with Crippen molar-refractivity contribution in [2.24, 2.45) is 0 Å². The number of carboxylic acid groups (broad SMARTS) is 1. The molecule has 3 nitrogen and oxygen atoms in total. The van der Waals surface area contributed by atoms with Gasteiger partial charge in [-0.15, -0.1) is 0 Å². The summed E-state index contributed by atoms with van der Waals surface area (Å²) in [6.45, 7) is 6.47. The first kappa shape index (κ1) is 24.5. The molecule has 0 aliphatic rings. The maximum atomic E-state index is 15.0. The Morgan fingerprint density at radius 3 is 2.49 bits per heavy atom. The van der Waals surface area contributed by atoms with E-state index in [2.05, 4.69) is 32.9 Å². The molecule has 0 amide bonds. The third kappa shape index (κ3) is 5.54. The van der Waals surface area contributed by atoms with E-state index in [1.165, 1.54) is 11.6 Å². The SMILES string of the molecule is CCCCc1cc(C(=O)O)ccc1C=Cc1ccc(-c2cc3cc(C(C)CC)ccc3o2)cc1F. The van der Waals surface area contributed by atoms with Crippen LogP contribution < -0.4 is 0 Å². The zero-order valence-corrected chi connectivity index (χ0v) is 20.5. The minimum absolute atomic E-state index is 0.269. The lowest BCUT2D eigenvalue weighted by atomic mass is 9.97. The quantitative estimate of drug-likeness (QED) is 0.248. The summed E-state index contributed by atoms with van der Waals surface area (Å²) >= 11 is 0. The van der Waals surface area contributed by atoms with Crippen LogP contribution in [0, 0.1) is 5.82 Å². The van der Waals surface area contributed by atoms with Crippen LogP contribution in [-0.2, 0) is 6.42 Å². The van der Waals surface area contributed by atoms with Gasteiger partial charge in [0, 0.05) is 16.5 Å². The molecule has 0 bridgehead atoms. The Balaban J connectivity index is 1.60. The van der Waals surface area contributed by atoms with Crippen LogP contribution in [0.15, 0.2) is 65.1 Å². The Morgan fingerprint density at radius 2 is 1.77 bits per heavy atom. The van der Waals surface area contributed by atoms with Crippen molar-refractivity contribution in [1.82, 2.24) is 0 Å². The van der Waals surface area contributed by atoms with Crippen LogP contribution in [0.1, 0.15) is 78.6 Å². The Morgan fingerprint density at radius 1 is 1.00 bits per heavy atom. The molecule has 3 aromatic carbocycles. The number of hydrogen-bond acceptors (Lipinski definition) is 2. The summed E-state index contributed by atoms with van der Waals surface area (Å²) in [4.78, 5) is 11.4. The average molecular weight is 471 g/mol. The number of furan rings is 1. The highest BCUT2D eigenvalue weighted by Gasteiger charge is 2.12. The Hall–Kier alpha value is -3.66. The molecular formula is C31H31FO3. The molecule has 0 aliphatic carbocycles. The van der Waals surface area contributed by atoms with Crippen molar-refractivity contribution in [3.05, 3.63) is 94.3 Å². The van der Waals surface area contributed by atoms with Crippen LogP contribution in [0.5, 0.6) is 0 Å². The number of rotatable bonds is 9. The number of carboxylic acids is 1. The van der Waals surface area contributed by atoms with Gasteiger partial charge >= 0.3 is 5.97 Å². The van der Waals surface area contributed by atoms with E-state index in [0.717, 1.165) is 47.8 Å². The molecule has 0 saturated carbocycles. The number of aryl methyl sites for hydroxylation is 1. The van der Waals surface area contributed by atoms with E-state index >= 15 is 4.39 Å². The fourth-order valence-corrected chi connectivity index (χ4v) is 4.23. The first-order valence-corrected chi connectivity index (χ1v) is 12.3. The number of aromatic carboxylic acids is 1. The third-order valence-electron chi connectivity index (χ3n) is 6.64. The molecule has 0 saturated heterocycles. The smallest absolute Gasteiger partial charge is 0.335 e. The summed E-state index contributed by atoms with van der Waals surface area (Å²) in [5, 5.41) is 10.3. The highest BCUT2D eigenvalue weighted by Crippen LogP contribution is 2.32. The Labute approximate surface area is 205 Å². The second-order valence-electron chi connectivity index (χ2n) is 9.11. The maximum absolute atomic E-state index is 15.0. The highest BCUT2D eigenvalue weighted by molar-refractivity contribution is 5.88. The van der Waals surface area contributed by atoms with Crippen molar-refractivity contribution in [3.63, 3.8) is 0 Å². The van der Waals surface area contributed by atoms with E-state index < -0.39 is 5.97 Å². The summed E-state index contributed by atoms with van der Waals surface area (Å²) in [5.74, 6) is -0.163. The number of halogens is 1. The van der Waals surface area contributed by atoms with Gasteiger partial charge in [0.2, 0.25) is 0 Å². The van der Waals surface area contributed by atoms with E-state index in [9.17, 15) is 9.90 Å². The van der Waals surface area contributed by atoms with Crippen molar-refractivity contribution < 1.29 is 18.7 Å². The topological polar surface area (TPSA) is 50.4 Å². The third-order valence-corrected chi connectivity index (χ3v) is 6.64. The van der Waals surface area contributed by atoms with E-state index in [1.807, 2.05) is 24.3 Å². The molecule has 0 fully saturated rings. The predicted octanol–water partition coefficient (Wildman–Crippen LogP) is 8.96. The van der Waals surface area contributed by atoms with Gasteiger partial charge in [-0.2, -0.15) is 0 Å². The molecule has 0 radical (unpaired) electrons. The van der Waals surface area contributed by atoms with Gasteiger partial charge in [0.25, 0.3) is 0 Å². The number of hydrogen-bond donors (Lipinski definition) is 1. The van der Waals surface area contributed by atoms with Crippen LogP contribution in [0.4, 0.5) is 4.39 Å². The summed E-state index contributed by atoms with van der Waals surface area (Å²) < 4.78 is 21.0. The molecule has 1 heterocycles. The molecule has 35 heavy (non-hydrogen) atoms. The van der Waals surface area contributed by atoms with Gasteiger partial charge in [-0.05, 0) is 78.3 Å². The van der Waals surface area contributed by atoms with Gasteiger partial charge in [0.05, 0.1) is 5.56 Å². The second-order valence-corrected chi connectivity index (χ2v) is 9.11. The standard InChI is InChI=1S/C31H31FO3/c1-4-6-7-24-17-26(31(33)34)13-9-21(24)8-10-22-11-12-25(18-28(22)32)30-19-27-16-23(20(3)5-2)14-15-29(27)35-30/h8-20H,4-7H2,1-3H3,(H,33,34). The lowest BCUT2D eigenvalue weighted by Gasteiger charge is -2.08. The van der Waals surface area contributed by atoms with Crippen LogP contribution in [-0.4, -0.2) is 11.1 Å². The number of fused-ring (bicyclic) bond motifs is 1. The predicted molar refractivity (Wildman–Crippen MR) is 141 cm³/mol. The monoisotopic (exact) mass is 470 g/mol. The summed E-state index contributed by atoms with van der Waals surface area (Å²) in [7, 11) is 0. The molecule has 1 unspecified atom stereocenters. The minimum Gasteiger partial charge on any atom is -0.478 e. The normalized spacial score (nSPS) is 12.5. The maximum Gasteiger partial charge on any atom is 0.335 e. The summed E-state index contributed by atoms with van der Waals surface area (Å²) in [5.41, 5.74) is 5.35. The van der Waals surface area contributed by atoms with Gasteiger partial charge in [-0.3, -0.25) is 0 Å². The number of benzene rings is 3. The fourth-order valence-electron chi connectivity index (χ4n) is 4.23. The molecule has 180 valence electrons. The highest BCUT2D eigenvalue weighted by atomic mass is 19.1. The fraction of sp³-hybridized carbons (Fsp3) is 0.258. The molecule has 1 atom stereocenters. The lowest BCUT2D eigenvalue weighted by molar-refractivity contribution is 0.0696. The van der Waals surface area contributed by atoms with Crippen LogP contribution in [0.2, 0.25) is 0 Å². The van der Waals surface area contributed by atoms with Gasteiger partial charge in [0.1, 0.15) is 17.2 Å². The molecule has 4 heteroatoms. The van der Waals surface area contributed by atoms with Gasteiger partial charge < -0.3 is 9.52 Å². The van der Waals surface area contributed by atoms with Crippen molar-refractivity contribution in [1.29, 1.82) is 0 Å². The van der Waals surface area contributed by atoms with Crippen molar-refractivity contribution >= 4 is 29.1 Å². The van der Waals surface area contributed by atoms with Crippen LogP contribution in [0.3, 0.4) is 0 Å². The Bertz CT molecular complexity index is 1380. The largest absolute Gasteiger partial charge is 0.478 e. The van der Waals surface area contributed by atoms with E-state index in [1.54, 1.807) is 30.3 Å². The van der Waals surface area contributed by atoms with Gasteiger partial charge in [0.15, 0.2) is 0 Å². The van der Waals surface area contributed by atoms with Crippen LogP contribution in [0.25, 0.3) is 34.4 Å². The zero-order chi connectivity index (χ0) is 24.9. The first-order chi connectivity index (χ1) is 16.9. The van der Waals surface area contributed by atoms with E-state index in [4.69, 9.17) is 4.42 Å². The van der Waals surface area contributed by atoms with E-state index in [-0.39, 0.29) is 11.4 Å².